The molecule has 0 saturated carbocycles. The first kappa shape index (κ1) is 12.3. The summed E-state index contributed by atoms with van der Waals surface area (Å²) in [6.45, 7) is 6.80. The van der Waals surface area contributed by atoms with Crippen LogP contribution in [0, 0.1) is 6.92 Å². The van der Waals surface area contributed by atoms with Crippen molar-refractivity contribution >= 4 is 11.3 Å². The molecule has 0 aliphatic heterocycles. The topological polar surface area (TPSA) is 51.0 Å². The Balaban J connectivity index is 1.89. The lowest BCUT2D eigenvalue weighted by Crippen LogP contribution is -2.18. The molecule has 0 fully saturated rings. The Morgan fingerprint density at radius 3 is 2.94 bits per heavy atom. The highest BCUT2D eigenvalue weighted by atomic mass is 32.1. The minimum absolute atomic E-state index is 0.219. The van der Waals surface area contributed by atoms with Crippen LogP contribution >= 0.6 is 11.3 Å². The van der Waals surface area contributed by atoms with Gasteiger partial charge < -0.3 is 9.73 Å². The van der Waals surface area contributed by atoms with Crippen LogP contribution in [0.1, 0.15) is 42.2 Å². The third kappa shape index (κ3) is 3.14. The molecule has 4 nitrogen and oxygen atoms in total. The fourth-order valence-corrected chi connectivity index (χ4v) is 2.22. The van der Waals surface area contributed by atoms with E-state index < -0.39 is 0 Å². The van der Waals surface area contributed by atoms with Gasteiger partial charge in [-0.15, -0.1) is 11.3 Å². The van der Waals surface area contributed by atoms with Gasteiger partial charge in [0.15, 0.2) is 0 Å². The number of hydrogen-bond donors (Lipinski definition) is 1. The number of rotatable bonds is 5. The van der Waals surface area contributed by atoms with Crippen molar-refractivity contribution in [1.29, 1.82) is 0 Å². The lowest BCUT2D eigenvalue weighted by molar-refractivity contribution is 0.422. The SMILES string of the molecule is CCc1cnc(CNC(C)c2csc(C)n2)o1. The highest BCUT2D eigenvalue weighted by molar-refractivity contribution is 7.09. The van der Waals surface area contributed by atoms with Crippen molar-refractivity contribution in [2.75, 3.05) is 0 Å². The van der Waals surface area contributed by atoms with Crippen LogP contribution in [0.15, 0.2) is 16.0 Å². The van der Waals surface area contributed by atoms with Crippen LogP contribution in [0.4, 0.5) is 0 Å². The van der Waals surface area contributed by atoms with Crippen molar-refractivity contribution in [3.05, 3.63) is 33.9 Å². The summed E-state index contributed by atoms with van der Waals surface area (Å²) in [4.78, 5) is 8.66. The van der Waals surface area contributed by atoms with Crippen molar-refractivity contribution in [3.63, 3.8) is 0 Å². The predicted octanol–water partition coefficient (Wildman–Crippen LogP) is 2.85. The second kappa shape index (κ2) is 5.42. The summed E-state index contributed by atoms with van der Waals surface area (Å²) in [5, 5.41) is 6.53. The average molecular weight is 251 g/mol. The normalized spacial score (nSPS) is 12.9. The van der Waals surface area contributed by atoms with Crippen molar-refractivity contribution in [2.45, 2.75) is 39.8 Å². The van der Waals surface area contributed by atoms with Crippen molar-refractivity contribution in [1.82, 2.24) is 15.3 Å². The van der Waals surface area contributed by atoms with Gasteiger partial charge in [-0.3, -0.25) is 0 Å². The summed E-state index contributed by atoms with van der Waals surface area (Å²) in [5.74, 6) is 1.67. The maximum Gasteiger partial charge on any atom is 0.208 e. The van der Waals surface area contributed by atoms with Gasteiger partial charge in [-0.05, 0) is 13.8 Å². The van der Waals surface area contributed by atoms with E-state index >= 15 is 0 Å². The molecule has 2 aromatic rings. The summed E-state index contributed by atoms with van der Waals surface area (Å²) in [5.41, 5.74) is 1.08. The molecule has 2 heterocycles. The Kier molecular flexibility index (Phi) is 3.91. The predicted molar refractivity (Wildman–Crippen MR) is 68.0 cm³/mol. The van der Waals surface area contributed by atoms with E-state index in [0.29, 0.717) is 6.54 Å². The van der Waals surface area contributed by atoms with Gasteiger partial charge in [-0.2, -0.15) is 0 Å². The maximum atomic E-state index is 5.53. The number of nitrogens with one attached hydrogen (secondary N) is 1. The molecule has 0 spiro atoms. The van der Waals surface area contributed by atoms with E-state index in [4.69, 9.17) is 4.42 Å². The second-order valence-electron chi connectivity index (χ2n) is 3.97. The van der Waals surface area contributed by atoms with Crippen LogP contribution in [-0.4, -0.2) is 9.97 Å². The molecule has 0 saturated heterocycles. The van der Waals surface area contributed by atoms with Gasteiger partial charge in [0.05, 0.1) is 23.4 Å². The van der Waals surface area contributed by atoms with Gasteiger partial charge in [0.25, 0.3) is 0 Å². The number of aromatic nitrogens is 2. The molecular formula is C12H17N3OS. The molecule has 0 amide bonds. The third-order valence-corrected chi connectivity index (χ3v) is 3.38. The highest BCUT2D eigenvalue weighted by Crippen LogP contribution is 2.16. The Labute approximate surface area is 105 Å². The minimum atomic E-state index is 0.219. The molecule has 0 aliphatic carbocycles. The number of thiazole rings is 1. The molecule has 1 unspecified atom stereocenters. The number of aryl methyl sites for hydroxylation is 2. The van der Waals surface area contributed by atoms with E-state index in [-0.39, 0.29) is 6.04 Å². The van der Waals surface area contributed by atoms with Gasteiger partial charge in [-0.1, -0.05) is 6.92 Å². The molecular weight excluding hydrogens is 234 g/mol. The van der Waals surface area contributed by atoms with Crippen LogP contribution in [0.5, 0.6) is 0 Å². The van der Waals surface area contributed by atoms with E-state index in [0.717, 1.165) is 28.8 Å². The van der Waals surface area contributed by atoms with Crippen LogP contribution in [-0.2, 0) is 13.0 Å². The molecule has 1 N–H and O–H groups in total. The van der Waals surface area contributed by atoms with Crippen LogP contribution in [0.3, 0.4) is 0 Å². The van der Waals surface area contributed by atoms with Crippen molar-refractivity contribution < 1.29 is 4.42 Å². The molecule has 0 aliphatic rings. The molecule has 2 rings (SSSR count). The molecule has 2 aromatic heterocycles. The number of hydrogen-bond acceptors (Lipinski definition) is 5. The highest BCUT2D eigenvalue weighted by Gasteiger charge is 2.10. The van der Waals surface area contributed by atoms with E-state index in [9.17, 15) is 0 Å². The molecule has 0 bridgehead atoms. The van der Waals surface area contributed by atoms with Crippen LogP contribution in [0.25, 0.3) is 0 Å². The molecule has 0 aromatic carbocycles. The fraction of sp³-hybridized carbons (Fsp3) is 0.500. The smallest absolute Gasteiger partial charge is 0.208 e. The average Bonchev–Trinajstić information content (AvgIpc) is 2.94. The summed E-state index contributed by atoms with van der Waals surface area (Å²) >= 11 is 1.67. The van der Waals surface area contributed by atoms with E-state index in [2.05, 4.69) is 34.5 Å². The maximum absolute atomic E-state index is 5.53. The van der Waals surface area contributed by atoms with Gasteiger partial charge >= 0.3 is 0 Å². The summed E-state index contributed by atoms with van der Waals surface area (Å²) < 4.78 is 5.53. The first-order chi connectivity index (χ1) is 8.19. The quantitative estimate of drug-likeness (QED) is 0.887. The molecule has 1 atom stereocenters. The van der Waals surface area contributed by atoms with Gasteiger partial charge in [0.2, 0.25) is 5.89 Å². The molecule has 92 valence electrons. The second-order valence-corrected chi connectivity index (χ2v) is 5.03. The molecule has 17 heavy (non-hydrogen) atoms. The summed E-state index contributed by atoms with van der Waals surface area (Å²) in [6.07, 6.45) is 2.67. The van der Waals surface area contributed by atoms with Gasteiger partial charge in [0, 0.05) is 17.8 Å². The molecule has 0 radical (unpaired) electrons. The minimum Gasteiger partial charge on any atom is -0.444 e. The monoisotopic (exact) mass is 251 g/mol. The lowest BCUT2D eigenvalue weighted by atomic mass is 10.2. The van der Waals surface area contributed by atoms with E-state index in [1.54, 1.807) is 17.5 Å². The summed E-state index contributed by atoms with van der Waals surface area (Å²) in [7, 11) is 0. The number of nitrogens with zero attached hydrogens (tertiary/aromatic N) is 2. The van der Waals surface area contributed by atoms with Crippen LogP contribution in [0.2, 0.25) is 0 Å². The lowest BCUT2D eigenvalue weighted by Gasteiger charge is -2.09. The Morgan fingerprint density at radius 1 is 1.53 bits per heavy atom. The van der Waals surface area contributed by atoms with Gasteiger partial charge in [0.1, 0.15) is 5.76 Å². The Bertz CT molecular complexity index is 478. The van der Waals surface area contributed by atoms with E-state index in [1.807, 2.05) is 6.92 Å². The van der Waals surface area contributed by atoms with Crippen LogP contribution < -0.4 is 5.32 Å². The van der Waals surface area contributed by atoms with Gasteiger partial charge in [-0.25, -0.2) is 9.97 Å². The fourth-order valence-electron chi connectivity index (χ4n) is 1.52. The Morgan fingerprint density at radius 2 is 2.35 bits per heavy atom. The first-order valence-electron chi connectivity index (χ1n) is 5.78. The Hall–Kier alpha value is -1.20. The third-order valence-electron chi connectivity index (χ3n) is 2.59. The standard InChI is InChI=1S/C12H17N3OS/c1-4-10-5-14-12(16-10)6-13-8(2)11-7-17-9(3)15-11/h5,7-8,13H,4,6H2,1-3H3. The molecule has 5 heteroatoms. The zero-order chi connectivity index (χ0) is 12.3. The van der Waals surface area contributed by atoms with E-state index in [1.165, 1.54) is 0 Å². The zero-order valence-electron chi connectivity index (χ0n) is 10.4. The van der Waals surface area contributed by atoms with Crippen molar-refractivity contribution in [2.24, 2.45) is 0 Å². The largest absolute Gasteiger partial charge is 0.444 e. The number of oxazole rings is 1. The first-order valence-corrected chi connectivity index (χ1v) is 6.66. The zero-order valence-corrected chi connectivity index (χ0v) is 11.2. The van der Waals surface area contributed by atoms with Crippen molar-refractivity contribution in [3.8, 4) is 0 Å². The summed E-state index contributed by atoms with van der Waals surface area (Å²) in [6, 6.07) is 0.219.